The Morgan fingerprint density at radius 2 is 1.74 bits per heavy atom. The number of piperazine rings is 1. The van der Waals surface area contributed by atoms with Crippen molar-refractivity contribution in [3.8, 4) is 11.5 Å². The summed E-state index contributed by atoms with van der Waals surface area (Å²) in [6.07, 6.45) is 1.89. The third-order valence-corrected chi connectivity index (χ3v) is 10.0. The number of aromatic hydroxyl groups is 1. The topological polar surface area (TPSA) is 129 Å². The van der Waals surface area contributed by atoms with Crippen LogP contribution in [-0.2, 0) is 16.6 Å². The summed E-state index contributed by atoms with van der Waals surface area (Å²) in [7, 11) is -4.17. The van der Waals surface area contributed by atoms with Crippen LogP contribution in [0.5, 0.6) is 11.5 Å². The summed E-state index contributed by atoms with van der Waals surface area (Å²) in [4.78, 5) is 27.8. The lowest BCUT2D eigenvalue weighted by Crippen LogP contribution is -2.47. The highest BCUT2D eigenvalue weighted by Crippen LogP contribution is 2.41. The molecule has 2 N–H and O–H groups in total. The van der Waals surface area contributed by atoms with E-state index in [1.165, 1.54) is 47.5 Å². The Hall–Kier alpha value is -4.03. The summed E-state index contributed by atoms with van der Waals surface area (Å²) in [6, 6.07) is 14.1. The zero-order chi connectivity index (χ0) is 29.8. The first-order valence-electron chi connectivity index (χ1n) is 12.8. The Morgan fingerprint density at radius 1 is 1.00 bits per heavy atom. The van der Waals surface area contributed by atoms with Gasteiger partial charge in [0.25, 0.3) is 10.0 Å². The van der Waals surface area contributed by atoms with Gasteiger partial charge in [-0.15, -0.1) is 0 Å². The van der Waals surface area contributed by atoms with Gasteiger partial charge in [-0.3, -0.25) is 9.69 Å². The number of amides is 1. The minimum absolute atomic E-state index is 0.0337. The molecule has 0 spiro atoms. The molecule has 0 atom stereocenters. The van der Waals surface area contributed by atoms with Crippen molar-refractivity contribution in [1.29, 1.82) is 0 Å². The summed E-state index contributed by atoms with van der Waals surface area (Å²) >= 11 is 12.4. The second-order valence-corrected chi connectivity index (χ2v) is 12.4. The number of allylic oxidation sites excluding steroid dienone is 1. The number of Topliss-reactive ketones (excluding diaryl/α,β-unsaturated/α-hetero) is 1. The van der Waals surface area contributed by atoms with Crippen molar-refractivity contribution >= 4 is 62.1 Å². The fourth-order valence-electron chi connectivity index (χ4n) is 5.19. The van der Waals surface area contributed by atoms with Gasteiger partial charge in [0, 0.05) is 49.9 Å². The van der Waals surface area contributed by atoms with Crippen molar-refractivity contribution in [2.45, 2.75) is 11.4 Å². The van der Waals surface area contributed by atoms with E-state index in [1.807, 2.05) is 4.90 Å². The van der Waals surface area contributed by atoms with Gasteiger partial charge in [-0.05, 0) is 36.4 Å². The van der Waals surface area contributed by atoms with Crippen LogP contribution in [0.25, 0.3) is 17.0 Å². The number of fused-ring (bicyclic) bond motifs is 2. The van der Waals surface area contributed by atoms with E-state index >= 15 is 0 Å². The van der Waals surface area contributed by atoms with Crippen molar-refractivity contribution in [2.24, 2.45) is 0 Å². The van der Waals surface area contributed by atoms with Crippen LogP contribution in [0.15, 0.2) is 71.4 Å². The number of rotatable bonds is 5. The number of hydrogen-bond acceptors (Lipinski definition) is 7. The number of carbonyl (C=O) groups excluding carboxylic acids is 1. The number of benzene rings is 3. The first-order chi connectivity index (χ1) is 20.1. The number of hydrogen-bond donors (Lipinski definition) is 2. The van der Waals surface area contributed by atoms with Crippen LogP contribution in [0.4, 0.5) is 4.79 Å². The maximum Gasteiger partial charge on any atom is 0.407 e. The summed E-state index contributed by atoms with van der Waals surface area (Å²) in [5.41, 5.74) is 1.45. The number of aromatic nitrogens is 1. The molecule has 1 aromatic heterocycles. The molecule has 2 aliphatic heterocycles. The van der Waals surface area contributed by atoms with Gasteiger partial charge in [0.2, 0.25) is 5.78 Å². The lowest BCUT2D eigenvalue weighted by atomic mass is 10.0. The monoisotopic (exact) mass is 627 g/mol. The quantitative estimate of drug-likeness (QED) is 0.285. The van der Waals surface area contributed by atoms with Crippen LogP contribution >= 0.6 is 23.2 Å². The van der Waals surface area contributed by atoms with Crippen LogP contribution in [0.1, 0.15) is 21.5 Å². The third-order valence-electron chi connectivity index (χ3n) is 7.39. The minimum Gasteiger partial charge on any atom is -0.507 e. The highest BCUT2D eigenvalue weighted by Gasteiger charge is 2.33. The van der Waals surface area contributed by atoms with Crippen molar-refractivity contribution in [3.05, 3.63) is 93.3 Å². The molecule has 0 aliphatic carbocycles. The SMILES string of the molecule is O=C1C(=Cc2cn(S(=O)(=O)c3cccc(Cl)c3Cl)c3ccccc23)Oc2c1ccc(O)c2CN1CCN(C(=O)O)CC1. The van der Waals surface area contributed by atoms with Crippen molar-refractivity contribution < 1.29 is 33.0 Å². The van der Waals surface area contributed by atoms with Gasteiger partial charge in [-0.2, -0.15) is 0 Å². The molecule has 0 radical (unpaired) electrons. The molecule has 0 saturated carbocycles. The van der Waals surface area contributed by atoms with Gasteiger partial charge < -0.3 is 19.8 Å². The molecule has 3 heterocycles. The first-order valence-corrected chi connectivity index (χ1v) is 15.0. The Kier molecular flexibility index (Phi) is 7.14. The highest BCUT2D eigenvalue weighted by molar-refractivity contribution is 7.90. The third kappa shape index (κ3) is 4.78. The lowest BCUT2D eigenvalue weighted by molar-refractivity contribution is 0.101. The Labute approximate surface area is 250 Å². The van der Waals surface area contributed by atoms with Gasteiger partial charge in [0.1, 0.15) is 16.4 Å². The average molecular weight is 628 g/mol. The van der Waals surface area contributed by atoms with Crippen LogP contribution in [-0.4, -0.2) is 70.5 Å². The molecule has 1 saturated heterocycles. The summed E-state index contributed by atoms with van der Waals surface area (Å²) in [5.74, 6) is -0.285. The molecule has 3 aromatic carbocycles. The average Bonchev–Trinajstić information content (AvgIpc) is 3.50. The molecule has 0 bridgehead atoms. The van der Waals surface area contributed by atoms with E-state index in [9.17, 15) is 28.2 Å². The fourth-order valence-corrected chi connectivity index (χ4v) is 7.31. The molecular weight excluding hydrogens is 605 g/mol. The zero-order valence-corrected chi connectivity index (χ0v) is 24.2. The minimum atomic E-state index is -4.17. The predicted octanol–water partition coefficient (Wildman–Crippen LogP) is 5.30. The van der Waals surface area contributed by atoms with E-state index in [-0.39, 0.29) is 44.3 Å². The van der Waals surface area contributed by atoms with Gasteiger partial charge in [-0.25, -0.2) is 17.2 Å². The molecule has 216 valence electrons. The first kappa shape index (κ1) is 28.1. The Balaban J connectivity index is 1.36. The number of ketones is 1. The number of para-hydroxylation sites is 1. The Morgan fingerprint density at radius 3 is 2.48 bits per heavy atom. The van der Waals surface area contributed by atoms with E-state index in [2.05, 4.69) is 0 Å². The van der Waals surface area contributed by atoms with Crippen LogP contribution in [0.3, 0.4) is 0 Å². The predicted molar refractivity (Wildman–Crippen MR) is 157 cm³/mol. The fraction of sp³-hybridized carbons (Fsp3) is 0.172. The van der Waals surface area contributed by atoms with E-state index in [0.717, 1.165) is 3.97 Å². The maximum absolute atomic E-state index is 13.7. The van der Waals surface area contributed by atoms with E-state index in [0.29, 0.717) is 48.2 Å². The molecular formula is C29H23Cl2N3O7S. The van der Waals surface area contributed by atoms with E-state index in [1.54, 1.807) is 24.3 Å². The second-order valence-electron chi connectivity index (χ2n) is 9.88. The standard InChI is InChI=1S/C29H23Cl2N3O7S/c30-21-5-3-7-25(26(21)31)42(39,40)34-15-17(18-4-1-2-6-22(18)34)14-24-27(36)19-8-9-23(35)20(28(19)41-24)16-32-10-12-33(13-11-32)29(37)38/h1-9,14-15,35H,10-13,16H2,(H,37,38). The van der Waals surface area contributed by atoms with Gasteiger partial charge in [0.05, 0.1) is 26.7 Å². The molecule has 4 aromatic rings. The molecule has 10 nitrogen and oxygen atoms in total. The molecule has 2 aliphatic rings. The number of phenols is 1. The van der Waals surface area contributed by atoms with Crippen LogP contribution < -0.4 is 4.74 Å². The smallest absolute Gasteiger partial charge is 0.407 e. The highest BCUT2D eigenvalue weighted by atomic mass is 35.5. The summed E-state index contributed by atoms with van der Waals surface area (Å²) in [5, 5.41) is 20.4. The largest absolute Gasteiger partial charge is 0.507 e. The maximum atomic E-state index is 13.7. The number of ether oxygens (including phenoxy) is 1. The number of carbonyl (C=O) groups is 2. The Bertz CT molecular complexity index is 1910. The summed E-state index contributed by atoms with van der Waals surface area (Å²) < 4.78 is 34.5. The van der Waals surface area contributed by atoms with Crippen molar-refractivity contribution in [2.75, 3.05) is 26.2 Å². The molecule has 1 fully saturated rings. The van der Waals surface area contributed by atoms with Crippen LogP contribution in [0, 0.1) is 0 Å². The summed E-state index contributed by atoms with van der Waals surface area (Å²) in [6.45, 7) is 1.81. The van der Waals surface area contributed by atoms with E-state index < -0.39 is 21.9 Å². The zero-order valence-electron chi connectivity index (χ0n) is 21.8. The van der Waals surface area contributed by atoms with E-state index in [4.69, 9.17) is 27.9 Å². The van der Waals surface area contributed by atoms with Gasteiger partial charge >= 0.3 is 6.09 Å². The molecule has 13 heteroatoms. The second kappa shape index (κ2) is 10.7. The van der Waals surface area contributed by atoms with Crippen LogP contribution in [0.2, 0.25) is 10.0 Å². The molecule has 42 heavy (non-hydrogen) atoms. The van der Waals surface area contributed by atoms with Gasteiger partial charge in [0.15, 0.2) is 5.76 Å². The van der Waals surface area contributed by atoms with Crippen molar-refractivity contribution in [3.63, 3.8) is 0 Å². The molecule has 6 rings (SSSR count). The number of phenolic OH excluding ortho intramolecular Hbond substituents is 1. The number of halogens is 2. The van der Waals surface area contributed by atoms with Gasteiger partial charge in [-0.1, -0.05) is 47.5 Å². The number of nitrogens with zero attached hydrogens (tertiary/aromatic N) is 3. The lowest BCUT2D eigenvalue weighted by Gasteiger charge is -2.33. The van der Waals surface area contributed by atoms with Crippen molar-refractivity contribution in [1.82, 2.24) is 13.8 Å². The molecule has 0 unspecified atom stereocenters. The molecule has 1 amide bonds. The normalized spacial score (nSPS) is 16.7. The number of carboxylic acid groups (broad SMARTS) is 1.